The minimum absolute atomic E-state index is 0. The summed E-state index contributed by atoms with van der Waals surface area (Å²) in [6.07, 6.45) is 0. The van der Waals surface area contributed by atoms with E-state index >= 15 is 0 Å². The largest absolute Gasteiger partial charge is 0.412 e. The molecule has 0 heterocycles. The van der Waals surface area contributed by atoms with E-state index in [1.54, 1.807) is 0 Å². The average Bonchev–Trinajstić information content (AvgIpc) is 0. The molecule has 0 saturated carbocycles. The number of hydrogen-bond donors (Lipinski definition) is 0. The first-order chi connectivity index (χ1) is 0. The third kappa shape index (κ3) is 46.5. The summed E-state index contributed by atoms with van der Waals surface area (Å²) in [7, 11) is 0. The third-order valence-electron chi connectivity index (χ3n) is 0. The van der Waals surface area contributed by atoms with Crippen molar-refractivity contribution in [3.63, 3.8) is 0 Å². The fourth-order valence-electron chi connectivity index (χ4n) is 0. The second-order valence-electron chi connectivity index (χ2n) is 0. The quantitative estimate of drug-likeness (QED) is 0.280. The first kappa shape index (κ1) is 62.6. The molecule has 0 bridgehead atoms. The van der Waals surface area contributed by atoms with Crippen LogP contribution in [-0.4, -0.2) is 11.0 Å². The molecule has 0 aliphatic heterocycles. The molecule has 2 nitrogen and oxygen atoms in total. The summed E-state index contributed by atoms with van der Waals surface area (Å²) >= 11 is 0. The van der Waals surface area contributed by atoms with Crippen LogP contribution in [0.1, 0.15) is 0 Å². The SMILES string of the molecule is O.O.[Ce].[Ce].[Ce].[Ce].[Ce].[Ce].[Ce]. The Balaban J connectivity index is 0. The van der Waals surface area contributed by atoms with Gasteiger partial charge in [-0.2, -0.15) is 0 Å². The summed E-state index contributed by atoms with van der Waals surface area (Å²) in [5, 5.41) is 0. The molecule has 0 saturated heterocycles. The van der Waals surface area contributed by atoms with Gasteiger partial charge in [0.05, 0.1) is 0 Å². The minimum atomic E-state index is 0. The van der Waals surface area contributed by atoms with Crippen LogP contribution in [0.15, 0.2) is 0 Å². The molecule has 0 amide bonds. The maximum atomic E-state index is 0. The molecular weight excluding hydrogens is 1010 g/mol. The van der Waals surface area contributed by atoms with E-state index in [2.05, 4.69) is 0 Å². The van der Waals surface area contributed by atoms with Gasteiger partial charge in [0.1, 0.15) is 0 Å². The molecule has 0 spiro atoms. The van der Waals surface area contributed by atoms with Gasteiger partial charge in [-0.05, 0) is 0 Å². The molecule has 0 rings (SSSR count). The van der Waals surface area contributed by atoms with E-state index in [4.69, 9.17) is 0 Å². The van der Waals surface area contributed by atoms with Crippen molar-refractivity contribution in [2.75, 3.05) is 0 Å². The van der Waals surface area contributed by atoms with E-state index in [1.807, 2.05) is 0 Å². The summed E-state index contributed by atoms with van der Waals surface area (Å²) in [6, 6.07) is 0. The van der Waals surface area contributed by atoms with Crippen LogP contribution in [0, 0.1) is 292 Å². The first-order valence-corrected chi connectivity index (χ1v) is 0. The first-order valence-electron chi connectivity index (χ1n) is 0. The van der Waals surface area contributed by atoms with E-state index in [0.717, 1.165) is 0 Å². The molecular formula is H4Ce7O2. The van der Waals surface area contributed by atoms with Crippen molar-refractivity contribution < 1.29 is 303 Å². The van der Waals surface area contributed by atoms with Gasteiger partial charge in [-0.15, -0.1) is 0 Å². The van der Waals surface area contributed by atoms with E-state index in [-0.39, 0.29) is 303 Å². The summed E-state index contributed by atoms with van der Waals surface area (Å²) in [4.78, 5) is 0. The fourth-order valence-corrected chi connectivity index (χ4v) is 0. The molecule has 0 aromatic carbocycles. The van der Waals surface area contributed by atoms with Gasteiger partial charge in [0.25, 0.3) is 0 Å². The van der Waals surface area contributed by atoms with Crippen LogP contribution in [-0.2, 0) is 0 Å². The Kier molecular flexibility index (Phi) is 367. The van der Waals surface area contributed by atoms with Gasteiger partial charge in [0, 0.05) is 292 Å². The maximum Gasteiger partial charge on any atom is 0 e. The zero-order valence-corrected chi connectivity index (χ0v) is 26.5. The maximum absolute atomic E-state index is 0. The third-order valence-corrected chi connectivity index (χ3v) is 0. The fraction of sp³-hybridized carbons (Fsp3) is 0. The molecule has 0 aromatic rings. The van der Waals surface area contributed by atoms with E-state index in [0.29, 0.717) is 0 Å². The Morgan fingerprint density at radius 1 is 0.222 bits per heavy atom. The molecule has 0 radical (unpaired) electrons. The van der Waals surface area contributed by atoms with Crippen molar-refractivity contribution in [3.05, 3.63) is 0 Å². The van der Waals surface area contributed by atoms with Gasteiger partial charge in [0.15, 0.2) is 0 Å². The van der Waals surface area contributed by atoms with Crippen LogP contribution < -0.4 is 0 Å². The van der Waals surface area contributed by atoms with E-state index < -0.39 is 0 Å². The van der Waals surface area contributed by atoms with Crippen molar-refractivity contribution in [1.82, 2.24) is 0 Å². The Morgan fingerprint density at radius 3 is 0.222 bits per heavy atom. The van der Waals surface area contributed by atoms with Crippen LogP contribution in [0.2, 0.25) is 0 Å². The molecule has 0 aromatic heterocycles. The minimum Gasteiger partial charge on any atom is -0.412 e. The van der Waals surface area contributed by atoms with Crippen LogP contribution in [0.4, 0.5) is 0 Å². The predicted octanol–water partition coefficient (Wildman–Crippen LogP) is -1.65. The smallest absolute Gasteiger partial charge is 0 e. The number of rotatable bonds is 0. The Hall–Kier alpha value is 9.56. The Morgan fingerprint density at radius 2 is 0.222 bits per heavy atom. The molecule has 0 aliphatic carbocycles. The summed E-state index contributed by atoms with van der Waals surface area (Å²) in [5.74, 6) is 0. The van der Waals surface area contributed by atoms with E-state index in [1.165, 1.54) is 0 Å². The van der Waals surface area contributed by atoms with Crippen LogP contribution in [0.3, 0.4) is 0 Å². The second kappa shape index (κ2) is 52.7. The summed E-state index contributed by atoms with van der Waals surface area (Å²) in [5.41, 5.74) is 0. The van der Waals surface area contributed by atoms with Gasteiger partial charge in [-0.25, -0.2) is 0 Å². The van der Waals surface area contributed by atoms with Gasteiger partial charge in [-0.3, -0.25) is 0 Å². The molecule has 9 heavy (non-hydrogen) atoms. The second-order valence-corrected chi connectivity index (χ2v) is 0. The van der Waals surface area contributed by atoms with Crippen molar-refractivity contribution in [3.8, 4) is 0 Å². The molecule has 0 fully saturated rings. The summed E-state index contributed by atoms with van der Waals surface area (Å²) in [6.45, 7) is 0. The Labute approximate surface area is 292 Å². The van der Waals surface area contributed by atoms with Gasteiger partial charge in [-0.1, -0.05) is 0 Å². The average molecular weight is 1020 g/mol. The van der Waals surface area contributed by atoms with Gasteiger partial charge >= 0.3 is 0 Å². The van der Waals surface area contributed by atoms with Crippen LogP contribution >= 0.6 is 0 Å². The summed E-state index contributed by atoms with van der Waals surface area (Å²) < 4.78 is 0. The predicted molar refractivity (Wildman–Crippen MR) is 7.23 cm³/mol. The zero-order valence-electron chi connectivity index (χ0n) is 4.50. The molecule has 4 N–H and O–H groups in total. The molecule has 0 aliphatic rings. The van der Waals surface area contributed by atoms with Crippen LogP contribution in [0.25, 0.3) is 0 Å². The normalized spacial score (nSPS) is 0. The molecule has 44 valence electrons. The van der Waals surface area contributed by atoms with Crippen molar-refractivity contribution in [2.45, 2.75) is 0 Å². The van der Waals surface area contributed by atoms with Gasteiger partial charge < -0.3 is 11.0 Å². The zero-order chi connectivity index (χ0) is 0. The topological polar surface area (TPSA) is 63.0 Å². The molecule has 0 atom stereocenters. The Bertz CT molecular complexity index is 6.88. The van der Waals surface area contributed by atoms with Gasteiger partial charge in [0.2, 0.25) is 0 Å². The molecule has 0 unspecified atom stereocenters. The van der Waals surface area contributed by atoms with E-state index in [9.17, 15) is 0 Å². The van der Waals surface area contributed by atoms with Crippen LogP contribution in [0.5, 0.6) is 0 Å². The van der Waals surface area contributed by atoms with Crippen molar-refractivity contribution in [1.29, 1.82) is 0 Å². The molecule has 9 heteroatoms. The van der Waals surface area contributed by atoms with Crippen molar-refractivity contribution in [2.24, 2.45) is 0 Å². The standard InChI is InChI=1S/7Ce.2H2O/h;;;;;;;2*1H2. The number of hydrogen-bond acceptors (Lipinski definition) is 0. The monoisotopic (exact) mass is 1020 g/mol. The van der Waals surface area contributed by atoms with Crippen molar-refractivity contribution >= 4 is 0 Å².